The van der Waals surface area contributed by atoms with Gasteiger partial charge in [0.05, 0.1) is 0 Å². The van der Waals surface area contributed by atoms with Crippen molar-refractivity contribution >= 4 is 22.6 Å². The molecule has 18 heavy (non-hydrogen) atoms. The summed E-state index contributed by atoms with van der Waals surface area (Å²) >= 11 is 2.13. The fourth-order valence-electron chi connectivity index (χ4n) is 1.50. The summed E-state index contributed by atoms with van der Waals surface area (Å²) in [6.45, 7) is 2.06. The Bertz CT molecular complexity index is 546. The highest BCUT2D eigenvalue weighted by Gasteiger charge is 2.37. The summed E-state index contributed by atoms with van der Waals surface area (Å²) in [4.78, 5) is 3.58. The molecule has 0 aliphatic carbocycles. The normalized spacial score (nSPS) is 11.8. The summed E-state index contributed by atoms with van der Waals surface area (Å²) in [6, 6.07) is 7.10. The Morgan fingerprint density at radius 3 is 2.33 bits per heavy atom. The van der Waals surface area contributed by atoms with Gasteiger partial charge in [-0.15, -0.1) is 5.10 Å². The van der Waals surface area contributed by atoms with Gasteiger partial charge in [-0.1, -0.05) is 12.1 Å². The van der Waals surface area contributed by atoms with Crippen molar-refractivity contribution in [1.82, 2.24) is 14.8 Å². The number of benzene rings is 1. The summed E-state index contributed by atoms with van der Waals surface area (Å²) < 4.78 is 39.9. The van der Waals surface area contributed by atoms with Crippen LogP contribution in [0.25, 0.3) is 11.4 Å². The van der Waals surface area contributed by atoms with E-state index in [9.17, 15) is 13.2 Å². The Balaban J connectivity index is 2.50. The maximum absolute atomic E-state index is 12.6. The van der Waals surface area contributed by atoms with E-state index < -0.39 is 12.0 Å². The lowest BCUT2D eigenvalue weighted by Gasteiger charge is -2.02. The van der Waals surface area contributed by atoms with Crippen molar-refractivity contribution < 1.29 is 13.2 Å². The molecule has 0 atom stereocenters. The predicted octanol–water partition coefficient (Wildman–Crippen LogP) is 3.59. The molecule has 3 nitrogen and oxygen atoms in total. The Hall–Kier alpha value is -1.12. The van der Waals surface area contributed by atoms with Crippen LogP contribution in [0.1, 0.15) is 12.7 Å². The average molecular weight is 367 g/mol. The van der Waals surface area contributed by atoms with Gasteiger partial charge in [-0.05, 0) is 41.6 Å². The molecular formula is C11H9F3IN3. The highest BCUT2D eigenvalue weighted by Crippen LogP contribution is 2.29. The molecule has 1 aromatic heterocycles. The number of hydrogen-bond donors (Lipinski definition) is 0. The second-order valence-electron chi connectivity index (χ2n) is 3.58. The largest absolute Gasteiger partial charge is 0.453 e. The Kier molecular flexibility index (Phi) is 3.60. The second-order valence-corrected chi connectivity index (χ2v) is 4.83. The molecule has 0 aliphatic rings. The molecule has 0 bridgehead atoms. The van der Waals surface area contributed by atoms with E-state index in [0.717, 1.165) is 3.57 Å². The molecule has 0 radical (unpaired) electrons. The number of halogens is 4. The highest BCUT2D eigenvalue weighted by molar-refractivity contribution is 14.1. The van der Waals surface area contributed by atoms with E-state index in [0.29, 0.717) is 12.1 Å². The van der Waals surface area contributed by atoms with Crippen LogP contribution in [-0.2, 0) is 12.7 Å². The highest BCUT2D eigenvalue weighted by atomic mass is 127. The molecule has 2 aromatic rings. The first-order valence-corrected chi connectivity index (χ1v) is 6.27. The molecule has 96 valence electrons. The summed E-state index contributed by atoms with van der Waals surface area (Å²) in [5, 5.41) is 3.48. The number of hydrogen-bond acceptors (Lipinski definition) is 2. The van der Waals surface area contributed by atoms with Gasteiger partial charge in [0, 0.05) is 15.7 Å². The zero-order valence-corrected chi connectivity index (χ0v) is 11.5. The van der Waals surface area contributed by atoms with E-state index in [1.54, 1.807) is 19.1 Å². The summed E-state index contributed by atoms with van der Waals surface area (Å²) in [5.41, 5.74) is 0.625. The lowest BCUT2D eigenvalue weighted by molar-refractivity contribution is -0.144. The SMILES string of the molecule is CCn1nc(C(F)(F)F)nc1-c1ccc(I)cc1. The van der Waals surface area contributed by atoms with Crippen LogP contribution in [0.2, 0.25) is 0 Å². The van der Waals surface area contributed by atoms with E-state index in [2.05, 4.69) is 32.7 Å². The minimum atomic E-state index is -4.52. The molecule has 0 saturated heterocycles. The molecule has 0 amide bonds. The monoisotopic (exact) mass is 367 g/mol. The quantitative estimate of drug-likeness (QED) is 0.760. The Morgan fingerprint density at radius 2 is 1.83 bits per heavy atom. The number of rotatable bonds is 2. The van der Waals surface area contributed by atoms with E-state index >= 15 is 0 Å². The second kappa shape index (κ2) is 4.87. The van der Waals surface area contributed by atoms with Gasteiger partial charge in [-0.3, -0.25) is 0 Å². The van der Waals surface area contributed by atoms with Crippen LogP contribution >= 0.6 is 22.6 Å². The van der Waals surface area contributed by atoms with Gasteiger partial charge in [-0.2, -0.15) is 13.2 Å². The zero-order chi connectivity index (χ0) is 13.3. The Morgan fingerprint density at radius 1 is 1.22 bits per heavy atom. The van der Waals surface area contributed by atoms with Crippen LogP contribution in [0.5, 0.6) is 0 Å². The molecule has 1 aromatic carbocycles. The van der Waals surface area contributed by atoms with Crippen molar-refractivity contribution in [3.63, 3.8) is 0 Å². The van der Waals surface area contributed by atoms with Crippen molar-refractivity contribution in [1.29, 1.82) is 0 Å². The van der Waals surface area contributed by atoms with Crippen LogP contribution in [0, 0.1) is 3.57 Å². The van der Waals surface area contributed by atoms with Crippen LogP contribution in [0.3, 0.4) is 0 Å². The van der Waals surface area contributed by atoms with Crippen molar-refractivity contribution in [2.75, 3.05) is 0 Å². The first kappa shape index (κ1) is 13.3. The zero-order valence-electron chi connectivity index (χ0n) is 9.37. The van der Waals surface area contributed by atoms with Crippen LogP contribution < -0.4 is 0 Å². The van der Waals surface area contributed by atoms with E-state index in [-0.39, 0.29) is 5.82 Å². The first-order chi connectivity index (χ1) is 8.41. The number of aromatic nitrogens is 3. The first-order valence-electron chi connectivity index (χ1n) is 5.20. The smallest absolute Gasteiger partial charge is 0.245 e. The minimum Gasteiger partial charge on any atom is -0.245 e. The van der Waals surface area contributed by atoms with Crippen molar-refractivity contribution in [3.8, 4) is 11.4 Å². The molecule has 2 rings (SSSR count). The topological polar surface area (TPSA) is 30.7 Å². The fraction of sp³-hybridized carbons (Fsp3) is 0.273. The van der Waals surface area contributed by atoms with Gasteiger partial charge in [0.15, 0.2) is 5.82 Å². The minimum absolute atomic E-state index is 0.237. The lowest BCUT2D eigenvalue weighted by atomic mass is 10.2. The fourth-order valence-corrected chi connectivity index (χ4v) is 1.85. The van der Waals surface area contributed by atoms with Crippen molar-refractivity contribution in [2.45, 2.75) is 19.6 Å². The predicted molar refractivity (Wildman–Crippen MR) is 68.9 cm³/mol. The van der Waals surface area contributed by atoms with Crippen LogP contribution in [0.15, 0.2) is 24.3 Å². The third-order valence-electron chi connectivity index (χ3n) is 2.33. The number of nitrogens with zero attached hydrogens (tertiary/aromatic N) is 3. The number of aryl methyl sites for hydroxylation is 1. The molecule has 0 unspecified atom stereocenters. The van der Waals surface area contributed by atoms with E-state index in [4.69, 9.17) is 0 Å². The lowest BCUT2D eigenvalue weighted by Crippen LogP contribution is -2.08. The van der Waals surface area contributed by atoms with Crippen molar-refractivity contribution in [3.05, 3.63) is 33.7 Å². The maximum atomic E-state index is 12.6. The van der Waals surface area contributed by atoms with E-state index in [1.165, 1.54) is 4.68 Å². The van der Waals surface area contributed by atoms with Crippen LogP contribution in [-0.4, -0.2) is 14.8 Å². The van der Waals surface area contributed by atoms with Crippen LogP contribution in [0.4, 0.5) is 13.2 Å². The summed E-state index contributed by atoms with van der Waals surface area (Å²) in [6.07, 6.45) is -4.52. The molecule has 1 heterocycles. The molecular weight excluding hydrogens is 358 g/mol. The summed E-state index contributed by atoms with van der Waals surface area (Å²) in [7, 11) is 0. The molecule has 7 heteroatoms. The Labute approximate surface area is 115 Å². The average Bonchev–Trinajstić information content (AvgIpc) is 2.73. The van der Waals surface area contributed by atoms with E-state index in [1.807, 2.05) is 12.1 Å². The molecule has 0 aliphatic heterocycles. The maximum Gasteiger partial charge on any atom is 0.453 e. The summed E-state index contributed by atoms with van der Waals surface area (Å²) in [5.74, 6) is -0.862. The number of alkyl halides is 3. The molecule has 0 fully saturated rings. The molecule has 0 saturated carbocycles. The van der Waals surface area contributed by atoms with Gasteiger partial charge in [0.25, 0.3) is 5.82 Å². The third kappa shape index (κ3) is 2.65. The third-order valence-corrected chi connectivity index (χ3v) is 3.05. The standard InChI is InChI=1S/C11H9F3IN3/c1-2-18-9(7-3-5-8(15)6-4-7)16-10(17-18)11(12,13)14/h3-6H,2H2,1H3. The van der Waals surface area contributed by atoms with Gasteiger partial charge in [0.1, 0.15) is 0 Å². The molecule has 0 N–H and O–H groups in total. The van der Waals surface area contributed by atoms with Crippen molar-refractivity contribution in [2.24, 2.45) is 0 Å². The van der Waals surface area contributed by atoms with Gasteiger partial charge in [-0.25, -0.2) is 9.67 Å². The van der Waals surface area contributed by atoms with Gasteiger partial charge >= 0.3 is 6.18 Å². The van der Waals surface area contributed by atoms with Gasteiger partial charge < -0.3 is 0 Å². The van der Waals surface area contributed by atoms with Gasteiger partial charge in [0.2, 0.25) is 0 Å². The molecule has 0 spiro atoms.